The van der Waals surface area contributed by atoms with Crippen molar-refractivity contribution in [2.75, 3.05) is 0 Å². The maximum Gasteiger partial charge on any atom is 0.179 e. The number of ketones is 1. The minimum atomic E-state index is 0. The highest BCUT2D eigenvalue weighted by Crippen LogP contribution is 2.26. The summed E-state index contributed by atoms with van der Waals surface area (Å²) >= 11 is 1.58. The van der Waals surface area contributed by atoms with Gasteiger partial charge in [-0.2, -0.15) is 0 Å². The highest BCUT2D eigenvalue weighted by atomic mass is 35.5. The third-order valence-electron chi connectivity index (χ3n) is 3.07. The summed E-state index contributed by atoms with van der Waals surface area (Å²) in [6.07, 6.45) is 4.51. The standard InChI is InChI=1S/C16H14NOS.ClH/c18-14(8-11-17-9-4-1-5-10-17)16-12-13-6-2-3-7-15(13)19-16;/h1-7,9-10,12H,8,11H2;1H/q+1;/p-1. The Bertz CT molecular complexity index is 676. The van der Waals surface area contributed by atoms with Crippen molar-refractivity contribution < 1.29 is 21.8 Å². The molecular weight excluding hydrogens is 290 g/mol. The summed E-state index contributed by atoms with van der Waals surface area (Å²) in [7, 11) is 0. The third kappa shape index (κ3) is 3.24. The fraction of sp³-hybridized carbons (Fsp3) is 0.125. The number of halogens is 1. The van der Waals surface area contributed by atoms with Crippen LogP contribution in [0.1, 0.15) is 16.1 Å². The number of rotatable bonds is 4. The van der Waals surface area contributed by atoms with Gasteiger partial charge in [-0.15, -0.1) is 11.3 Å². The first kappa shape index (κ1) is 14.7. The Morgan fingerprint density at radius 3 is 2.55 bits per heavy atom. The van der Waals surface area contributed by atoms with E-state index in [2.05, 4.69) is 12.1 Å². The molecule has 0 aliphatic carbocycles. The van der Waals surface area contributed by atoms with E-state index in [9.17, 15) is 4.79 Å². The lowest BCUT2D eigenvalue weighted by Crippen LogP contribution is -3.00. The fourth-order valence-corrected chi connectivity index (χ4v) is 3.09. The average Bonchev–Trinajstić information content (AvgIpc) is 2.90. The van der Waals surface area contributed by atoms with Crippen LogP contribution in [0.5, 0.6) is 0 Å². The van der Waals surface area contributed by atoms with Gasteiger partial charge in [0.05, 0.1) is 11.3 Å². The van der Waals surface area contributed by atoms with Crippen LogP contribution >= 0.6 is 11.3 Å². The minimum absolute atomic E-state index is 0. The summed E-state index contributed by atoms with van der Waals surface area (Å²) < 4.78 is 3.21. The second-order valence-electron chi connectivity index (χ2n) is 4.43. The lowest BCUT2D eigenvalue weighted by molar-refractivity contribution is -0.695. The van der Waals surface area contributed by atoms with Crippen molar-refractivity contribution in [3.8, 4) is 0 Å². The number of benzene rings is 1. The van der Waals surface area contributed by atoms with E-state index in [-0.39, 0.29) is 18.2 Å². The molecule has 102 valence electrons. The fourth-order valence-electron chi connectivity index (χ4n) is 2.06. The van der Waals surface area contributed by atoms with Crippen LogP contribution in [0.25, 0.3) is 10.1 Å². The van der Waals surface area contributed by atoms with Crippen molar-refractivity contribution in [2.45, 2.75) is 13.0 Å². The van der Waals surface area contributed by atoms with Gasteiger partial charge in [0.2, 0.25) is 0 Å². The number of nitrogens with zero attached hydrogens (tertiary/aromatic N) is 1. The van der Waals surface area contributed by atoms with E-state index in [1.54, 1.807) is 11.3 Å². The molecule has 3 aromatic rings. The molecule has 0 aliphatic heterocycles. The van der Waals surface area contributed by atoms with Gasteiger partial charge in [-0.3, -0.25) is 4.79 Å². The van der Waals surface area contributed by atoms with E-state index in [1.807, 2.05) is 53.4 Å². The van der Waals surface area contributed by atoms with E-state index in [0.717, 1.165) is 16.8 Å². The number of Topliss-reactive ketones (excluding diaryl/α,β-unsaturated/α-hetero) is 1. The number of hydrogen-bond donors (Lipinski definition) is 0. The number of pyridine rings is 1. The van der Waals surface area contributed by atoms with Crippen molar-refractivity contribution in [1.82, 2.24) is 0 Å². The molecule has 0 saturated carbocycles. The normalized spacial score (nSPS) is 10.2. The van der Waals surface area contributed by atoms with Gasteiger partial charge in [0.15, 0.2) is 24.7 Å². The highest BCUT2D eigenvalue weighted by molar-refractivity contribution is 7.20. The number of fused-ring (bicyclic) bond motifs is 1. The maximum absolute atomic E-state index is 12.2. The van der Waals surface area contributed by atoms with Gasteiger partial charge in [0, 0.05) is 16.8 Å². The molecule has 1 aromatic carbocycles. The molecule has 0 radical (unpaired) electrons. The summed E-state index contributed by atoms with van der Waals surface area (Å²) in [5.74, 6) is 0.220. The van der Waals surface area contributed by atoms with Gasteiger partial charge >= 0.3 is 0 Å². The Kier molecular flexibility index (Phi) is 4.88. The summed E-state index contributed by atoms with van der Waals surface area (Å²) in [4.78, 5) is 13.0. The van der Waals surface area contributed by atoms with Crippen molar-refractivity contribution >= 4 is 27.2 Å². The molecule has 0 saturated heterocycles. The topological polar surface area (TPSA) is 20.9 Å². The molecule has 2 nitrogen and oxygen atoms in total. The molecule has 2 aromatic heterocycles. The van der Waals surface area contributed by atoms with E-state index >= 15 is 0 Å². The Morgan fingerprint density at radius 1 is 1.05 bits per heavy atom. The number of carbonyl (C=O) groups excluding carboxylic acids is 1. The molecule has 0 amide bonds. The molecule has 0 spiro atoms. The Hall–Kier alpha value is -1.71. The smallest absolute Gasteiger partial charge is 0.179 e. The quantitative estimate of drug-likeness (QED) is 0.507. The van der Waals surface area contributed by atoms with Crippen LogP contribution in [0.3, 0.4) is 0 Å². The van der Waals surface area contributed by atoms with Crippen LogP contribution in [-0.4, -0.2) is 5.78 Å². The SMILES string of the molecule is O=C(CC[n+]1ccccc1)c1cc2ccccc2s1.[Cl-]. The van der Waals surface area contributed by atoms with E-state index in [0.29, 0.717) is 6.42 Å². The number of aromatic nitrogens is 1. The van der Waals surface area contributed by atoms with Gasteiger partial charge < -0.3 is 12.4 Å². The molecule has 0 aliphatic rings. The Labute approximate surface area is 128 Å². The monoisotopic (exact) mass is 303 g/mol. The second kappa shape index (κ2) is 6.64. The average molecular weight is 304 g/mol. The predicted octanol–water partition coefficient (Wildman–Crippen LogP) is 0.466. The number of hydrogen-bond acceptors (Lipinski definition) is 2. The first-order valence-corrected chi connectivity index (χ1v) is 7.10. The van der Waals surface area contributed by atoms with Crippen LogP contribution in [0.15, 0.2) is 60.9 Å². The predicted molar refractivity (Wildman–Crippen MR) is 77.4 cm³/mol. The molecule has 0 N–H and O–H groups in total. The molecule has 0 atom stereocenters. The number of aryl methyl sites for hydroxylation is 1. The summed E-state index contributed by atoms with van der Waals surface area (Å²) in [6, 6.07) is 16.0. The Morgan fingerprint density at radius 2 is 1.80 bits per heavy atom. The zero-order chi connectivity index (χ0) is 13.1. The molecule has 2 heterocycles. The number of carbonyl (C=O) groups is 1. The zero-order valence-corrected chi connectivity index (χ0v) is 12.4. The van der Waals surface area contributed by atoms with E-state index in [4.69, 9.17) is 0 Å². The van der Waals surface area contributed by atoms with Crippen LogP contribution in [0.2, 0.25) is 0 Å². The summed E-state index contributed by atoms with van der Waals surface area (Å²) in [5.41, 5.74) is 0. The first-order valence-electron chi connectivity index (χ1n) is 6.29. The third-order valence-corrected chi connectivity index (χ3v) is 4.23. The molecular formula is C16H14ClNOS. The molecule has 0 unspecified atom stereocenters. The van der Waals surface area contributed by atoms with Gasteiger partial charge in [-0.25, -0.2) is 4.57 Å². The minimum Gasteiger partial charge on any atom is -1.00 e. The Balaban J connectivity index is 0.00000147. The van der Waals surface area contributed by atoms with Gasteiger partial charge in [-0.1, -0.05) is 24.3 Å². The van der Waals surface area contributed by atoms with Crippen molar-refractivity contribution in [3.05, 3.63) is 65.8 Å². The van der Waals surface area contributed by atoms with Gasteiger partial charge in [0.1, 0.15) is 0 Å². The number of thiophene rings is 1. The van der Waals surface area contributed by atoms with Gasteiger partial charge in [-0.05, 0) is 17.5 Å². The van der Waals surface area contributed by atoms with Gasteiger partial charge in [0.25, 0.3) is 0 Å². The molecule has 0 bridgehead atoms. The maximum atomic E-state index is 12.2. The van der Waals surface area contributed by atoms with Crippen LogP contribution in [0, 0.1) is 0 Å². The van der Waals surface area contributed by atoms with E-state index < -0.39 is 0 Å². The lowest BCUT2D eigenvalue weighted by Gasteiger charge is -1.95. The highest BCUT2D eigenvalue weighted by Gasteiger charge is 2.12. The van der Waals surface area contributed by atoms with E-state index in [1.165, 1.54) is 4.70 Å². The van der Waals surface area contributed by atoms with Crippen molar-refractivity contribution in [1.29, 1.82) is 0 Å². The summed E-state index contributed by atoms with van der Waals surface area (Å²) in [5, 5.41) is 1.16. The molecule has 0 fully saturated rings. The summed E-state index contributed by atoms with van der Waals surface area (Å²) in [6.45, 7) is 0.730. The van der Waals surface area contributed by atoms with Crippen LogP contribution in [-0.2, 0) is 6.54 Å². The van der Waals surface area contributed by atoms with Crippen LogP contribution < -0.4 is 17.0 Å². The van der Waals surface area contributed by atoms with Crippen molar-refractivity contribution in [2.24, 2.45) is 0 Å². The zero-order valence-electron chi connectivity index (χ0n) is 10.8. The molecule has 20 heavy (non-hydrogen) atoms. The lowest BCUT2D eigenvalue weighted by atomic mass is 10.2. The first-order chi connectivity index (χ1) is 9.33. The van der Waals surface area contributed by atoms with Crippen molar-refractivity contribution in [3.63, 3.8) is 0 Å². The second-order valence-corrected chi connectivity index (χ2v) is 5.52. The van der Waals surface area contributed by atoms with Crippen LogP contribution in [0.4, 0.5) is 0 Å². The molecule has 4 heteroatoms. The largest absolute Gasteiger partial charge is 1.00 e. The molecule has 3 rings (SSSR count).